The van der Waals surface area contributed by atoms with Gasteiger partial charge in [0.15, 0.2) is 5.69 Å². The summed E-state index contributed by atoms with van der Waals surface area (Å²) in [5, 5.41) is 15.2. The first-order chi connectivity index (χ1) is 8.27. The Balaban J connectivity index is 2.56. The van der Waals surface area contributed by atoms with Crippen LogP contribution < -0.4 is 11.0 Å². The van der Waals surface area contributed by atoms with Crippen LogP contribution in [0.2, 0.25) is 0 Å². The van der Waals surface area contributed by atoms with Crippen molar-refractivity contribution in [1.29, 1.82) is 0 Å². The van der Waals surface area contributed by atoms with Gasteiger partial charge < -0.3 is 5.21 Å². The maximum atomic E-state index is 11.7. The van der Waals surface area contributed by atoms with Gasteiger partial charge in [-0.25, -0.2) is 0 Å². The van der Waals surface area contributed by atoms with Gasteiger partial charge >= 0.3 is 0 Å². The molecule has 0 aliphatic heterocycles. The molecule has 0 radical (unpaired) electrons. The van der Waals surface area contributed by atoms with Crippen molar-refractivity contribution < 1.29 is 5.17 Å². The van der Waals surface area contributed by atoms with Gasteiger partial charge in [0.25, 0.3) is 0 Å². The Bertz CT molecular complexity index is 638. The van der Waals surface area contributed by atoms with Crippen LogP contribution in [0.3, 0.4) is 0 Å². The third-order valence-corrected chi connectivity index (χ3v) is 3.02. The van der Waals surface area contributed by atoms with Gasteiger partial charge in [0.1, 0.15) is 0 Å². The molecule has 3 aromatic carbocycles. The van der Waals surface area contributed by atoms with Crippen molar-refractivity contribution in [1.82, 2.24) is 0 Å². The molecule has 0 aliphatic carbocycles. The molecule has 0 heterocycles. The number of nitrogen functional groups attached to an aromatic ring is 1. The van der Waals surface area contributed by atoms with Crippen molar-refractivity contribution in [3.63, 3.8) is 0 Å². The van der Waals surface area contributed by atoms with E-state index in [1.807, 2.05) is 48.5 Å². The van der Waals surface area contributed by atoms with E-state index in [1.54, 1.807) is 0 Å². The molecule has 3 N–H and O–H groups in total. The topological polar surface area (TPSA) is 53.5 Å². The molecule has 0 saturated carbocycles. The number of quaternary nitrogens is 1. The second-order valence-electron chi connectivity index (χ2n) is 4.06. The minimum absolute atomic E-state index is 0.377. The van der Waals surface area contributed by atoms with E-state index in [1.165, 1.54) is 0 Å². The second-order valence-corrected chi connectivity index (χ2v) is 4.06. The highest BCUT2D eigenvalue weighted by atomic mass is 16.5. The standard InChI is InChI=1S/C14H12N2O/c15-16(17)14-12-7-3-1-5-10(12)9-11-6-2-4-8-13(11)14/h1-9,16H,15H2. The zero-order valence-electron chi connectivity index (χ0n) is 9.18. The van der Waals surface area contributed by atoms with Gasteiger partial charge in [-0.2, -0.15) is 5.84 Å². The largest absolute Gasteiger partial charge is 0.608 e. The summed E-state index contributed by atoms with van der Waals surface area (Å²) < 4.78 is 0. The van der Waals surface area contributed by atoms with Crippen LogP contribution in [0.4, 0.5) is 5.69 Å². The summed E-state index contributed by atoms with van der Waals surface area (Å²) in [6, 6.07) is 17.7. The van der Waals surface area contributed by atoms with Gasteiger partial charge in [-0.05, 0) is 29.0 Å². The second kappa shape index (κ2) is 3.82. The van der Waals surface area contributed by atoms with Gasteiger partial charge in [0.2, 0.25) is 0 Å². The molecule has 84 valence electrons. The fourth-order valence-electron chi connectivity index (χ4n) is 2.28. The molecule has 0 spiro atoms. The van der Waals surface area contributed by atoms with Crippen LogP contribution in [-0.2, 0) is 0 Å². The highest BCUT2D eigenvalue weighted by Gasteiger charge is 2.11. The monoisotopic (exact) mass is 224 g/mol. The Hall–Kier alpha value is -1.94. The lowest BCUT2D eigenvalue weighted by molar-refractivity contribution is -0.787. The number of hydrogen-bond donors (Lipinski definition) is 2. The third-order valence-electron chi connectivity index (χ3n) is 3.02. The molecule has 3 rings (SSSR count). The van der Waals surface area contributed by atoms with E-state index in [9.17, 15) is 5.21 Å². The Labute approximate surface area is 98.6 Å². The van der Waals surface area contributed by atoms with E-state index in [2.05, 4.69) is 6.07 Å². The van der Waals surface area contributed by atoms with Crippen LogP contribution in [-0.4, -0.2) is 0 Å². The minimum Gasteiger partial charge on any atom is -0.608 e. The molecule has 17 heavy (non-hydrogen) atoms. The summed E-state index contributed by atoms with van der Waals surface area (Å²) in [5.41, 5.74) is 0.610. The van der Waals surface area contributed by atoms with Gasteiger partial charge in [-0.3, -0.25) is 5.17 Å². The molecule has 0 bridgehead atoms. The van der Waals surface area contributed by atoms with Crippen molar-refractivity contribution in [2.45, 2.75) is 0 Å². The molecule has 1 atom stereocenters. The molecule has 3 heteroatoms. The molecular weight excluding hydrogens is 212 g/mol. The van der Waals surface area contributed by atoms with E-state index in [0.29, 0.717) is 5.69 Å². The molecule has 0 aromatic heterocycles. The number of nitrogens with one attached hydrogen (secondary N) is 1. The van der Waals surface area contributed by atoms with Crippen molar-refractivity contribution in [2.24, 2.45) is 5.84 Å². The summed E-state index contributed by atoms with van der Waals surface area (Å²) >= 11 is 0. The fraction of sp³-hybridized carbons (Fsp3) is 0. The fourth-order valence-corrected chi connectivity index (χ4v) is 2.28. The third kappa shape index (κ3) is 1.57. The molecule has 3 aromatic rings. The van der Waals surface area contributed by atoms with E-state index < -0.39 is 0 Å². The Morgan fingerprint density at radius 3 is 1.76 bits per heavy atom. The highest BCUT2D eigenvalue weighted by Crippen LogP contribution is 2.29. The van der Waals surface area contributed by atoms with Crippen molar-refractivity contribution in [3.05, 3.63) is 59.8 Å². The minimum atomic E-state index is -0.377. The van der Waals surface area contributed by atoms with Crippen LogP contribution >= 0.6 is 0 Å². The number of rotatable bonds is 1. The quantitative estimate of drug-likeness (QED) is 0.377. The molecule has 0 amide bonds. The Kier molecular flexibility index (Phi) is 2.30. The van der Waals surface area contributed by atoms with E-state index in [0.717, 1.165) is 21.5 Å². The van der Waals surface area contributed by atoms with E-state index in [4.69, 9.17) is 5.84 Å². The maximum Gasteiger partial charge on any atom is 0.166 e. The lowest BCUT2D eigenvalue weighted by atomic mass is 10.0. The molecule has 0 fully saturated rings. The summed E-state index contributed by atoms with van der Waals surface area (Å²) in [5.74, 6) is 5.51. The zero-order chi connectivity index (χ0) is 11.8. The average Bonchev–Trinajstić information content (AvgIpc) is 2.35. The average molecular weight is 224 g/mol. The molecular formula is C14H12N2O. The first-order valence-corrected chi connectivity index (χ1v) is 5.47. The van der Waals surface area contributed by atoms with Crippen LogP contribution in [0.1, 0.15) is 0 Å². The van der Waals surface area contributed by atoms with Crippen LogP contribution in [0.15, 0.2) is 54.6 Å². The Morgan fingerprint density at radius 1 is 0.824 bits per heavy atom. The van der Waals surface area contributed by atoms with E-state index >= 15 is 0 Å². The molecule has 3 nitrogen and oxygen atoms in total. The molecule has 0 saturated heterocycles. The number of fused-ring (bicyclic) bond motifs is 2. The summed E-state index contributed by atoms with van der Waals surface area (Å²) in [7, 11) is 0. The maximum absolute atomic E-state index is 11.7. The van der Waals surface area contributed by atoms with Crippen molar-refractivity contribution >= 4 is 27.2 Å². The van der Waals surface area contributed by atoms with Gasteiger partial charge in [0, 0.05) is 10.8 Å². The van der Waals surface area contributed by atoms with Crippen LogP contribution in [0, 0.1) is 5.21 Å². The summed E-state index contributed by atoms with van der Waals surface area (Å²) in [6.07, 6.45) is 0. The number of benzene rings is 3. The highest BCUT2D eigenvalue weighted by molar-refractivity contribution is 6.07. The van der Waals surface area contributed by atoms with Gasteiger partial charge in [-0.1, -0.05) is 36.4 Å². The van der Waals surface area contributed by atoms with E-state index in [-0.39, 0.29) is 5.17 Å². The molecule has 0 aliphatic rings. The molecule has 1 unspecified atom stereocenters. The van der Waals surface area contributed by atoms with Gasteiger partial charge in [0.05, 0.1) is 0 Å². The predicted molar refractivity (Wildman–Crippen MR) is 69.6 cm³/mol. The smallest absolute Gasteiger partial charge is 0.166 e. The van der Waals surface area contributed by atoms with Crippen molar-refractivity contribution in [3.8, 4) is 0 Å². The SMILES string of the molecule is N[NH+]([O-])c1c2ccccc2cc2ccccc12. The van der Waals surface area contributed by atoms with Crippen LogP contribution in [0.5, 0.6) is 0 Å². The first-order valence-electron chi connectivity index (χ1n) is 5.47. The number of nitrogens with two attached hydrogens (primary N) is 1. The zero-order valence-corrected chi connectivity index (χ0v) is 9.18. The normalized spacial score (nSPS) is 13.1. The summed E-state index contributed by atoms with van der Waals surface area (Å²) in [6.45, 7) is 0. The van der Waals surface area contributed by atoms with Crippen LogP contribution in [0.25, 0.3) is 21.5 Å². The lowest BCUT2D eigenvalue weighted by Gasteiger charge is -2.18. The first kappa shape index (κ1) is 10.2. The lowest BCUT2D eigenvalue weighted by Crippen LogP contribution is -3.08. The van der Waals surface area contributed by atoms with Crippen molar-refractivity contribution in [2.75, 3.05) is 0 Å². The predicted octanol–water partition coefficient (Wildman–Crippen LogP) is 1.88. The van der Waals surface area contributed by atoms with Gasteiger partial charge in [-0.15, -0.1) is 0 Å². The Morgan fingerprint density at radius 2 is 1.29 bits per heavy atom. The number of hydrogen-bond acceptors (Lipinski definition) is 2. The summed E-state index contributed by atoms with van der Waals surface area (Å²) in [4.78, 5) is 0.